The van der Waals surface area contributed by atoms with E-state index in [1.165, 1.54) is 0 Å². The van der Waals surface area contributed by atoms with E-state index in [0.29, 0.717) is 11.4 Å². The Morgan fingerprint density at radius 2 is 1.70 bits per heavy atom. The molecule has 116 valence electrons. The molecule has 0 aromatic heterocycles. The van der Waals surface area contributed by atoms with Crippen LogP contribution in [0.2, 0.25) is 0 Å². The lowest BCUT2D eigenvalue weighted by atomic mass is 10.1. The van der Waals surface area contributed by atoms with Crippen molar-refractivity contribution < 1.29 is 9.53 Å². The van der Waals surface area contributed by atoms with Crippen molar-refractivity contribution >= 4 is 34.5 Å². The highest BCUT2D eigenvalue weighted by atomic mass is 32.1. The number of nitriles is 1. The second-order valence-corrected chi connectivity index (χ2v) is 5.07. The third-order valence-electron chi connectivity index (χ3n) is 3.05. The Kier molecular flexibility index (Phi) is 5.67. The lowest BCUT2D eigenvalue weighted by Crippen LogP contribution is -2.31. The minimum atomic E-state index is -1.08. The van der Waals surface area contributed by atoms with E-state index < -0.39 is 11.8 Å². The predicted molar refractivity (Wildman–Crippen MR) is 93.4 cm³/mol. The Bertz CT molecular complexity index is 724. The maximum Gasteiger partial charge on any atom is 0.248 e. The van der Waals surface area contributed by atoms with Crippen molar-refractivity contribution in [2.24, 2.45) is 5.92 Å². The molecule has 2 N–H and O–H groups in total. The van der Waals surface area contributed by atoms with E-state index in [4.69, 9.17) is 17.0 Å². The van der Waals surface area contributed by atoms with Crippen molar-refractivity contribution in [3.63, 3.8) is 0 Å². The minimum Gasteiger partial charge on any atom is -0.497 e. The standard InChI is InChI=1S/C17H15N3O2S/c1-22-14-9-7-13(8-10-14)19-16(21)15(11-18)17(23)20-12-5-3-2-4-6-12/h2-10,15H,1H3,(H,19,21)(H,20,23). The first-order valence-electron chi connectivity index (χ1n) is 6.84. The molecule has 2 aromatic rings. The number of rotatable bonds is 5. The average Bonchev–Trinajstić information content (AvgIpc) is 2.57. The maximum absolute atomic E-state index is 12.2. The Morgan fingerprint density at radius 1 is 1.09 bits per heavy atom. The molecule has 0 bridgehead atoms. The molecule has 0 saturated heterocycles. The molecular formula is C17H15N3O2S. The van der Waals surface area contributed by atoms with Gasteiger partial charge in [0, 0.05) is 11.4 Å². The van der Waals surface area contributed by atoms with Crippen molar-refractivity contribution in [1.29, 1.82) is 5.26 Å². The number of ether oxygens (including phenoxy) is 1. The van der Waals surface area contributed by atoms with E-state index in [-0.39, 0.29) is 4.99 Å². The molecule has 1 amide bonds. The van der Waals surface area contributed by atoms with Gasteiger partial charge in [-0.2, -0.15) is 5.26 Å². The fourth-order valence-corrected chi connectivity index (χ4v) is 2.14. The summed E-state index contributed by atoms with van der Waals surface area (Å²) in [4.78, 5) is 12.4. The molecule has 0 fully saturated rings. The van der Waals surface area contributed by atoms with Crippen molar-refractivity contribution in [1.82, 2.24) is 0 Å². The van der Waals surface area contributed by atoms with E-state index in [2.05, 4.69) is 10.6 Å². The molecule has 0 heterocycles. The highest BCUT2D eigenvalue weighted by Gasteiger charge is 2.23. The number of benzene rings is 2. The first kappa shape index (κ1) is 16.5. The summed E-state index contributed by atoms with van der Waals surface area (Å²) in [7, 11) is 1.56. The largest absolute Gasteiger partial charge is 0.497 e. The number of para-hydroxylation sites is 1. The molecule has 0 spiro atoms. The van der Waals surface area contributed by atoms with E-state index in [0.717, 1.165) is 5.69 Å². The number of nitrogens with one attached hydrogen (secondary N) is 2. The van der Waals surface area contributed by atoms with Crippen molar-refractivity contribution in [2.45, 2.75) is 0 Å². The number of nitrogens with zero attached hydrogens (tertiary/aromatic N) is 1. The van der Waals surface area contributed by atoms with Crippen LogP contribution in [0, 0.1) is 17.2 Å². The number of hydrogen-bond donors (Lipinski definition) is 2. The van der Waals surface area contributed by atoms with Gasteiger partial charge < -0.3 is 15.4 Å². The van der Waals surface area contributed by atoms with Crippen LogP contribution in [0.5, 0.6) is 5.75 Å². The van der Waals surface area contributed by atoms with Gasteiger partial charge in [-0.15, -0.1) is 0 Å². The first-order valence-corrected chi connectivity index (χ1v) is 7.25. The molecule has 0 saturated carbocycles. The average molecular weight is 325 g/mol. The third-order valence-corrected chi connectivity index (χ3v) is 3.39. The van der Waals surface area contributed by atoms with E-state index in [9.17, 15) is 10.1 Å². The zero-order valence-electron chi connectivity index (χ0n) is 12.4. The van der Waals surface area contributed by atoms with Gasteiger partial charge in [-0.05, 0) is 36.4 Å². The summed E-state index contributed by atoms with van der Waals surface area (Å²) < 4.78 is 5.05. The summed E-state index contributed by atoms with van der Waals surface area (Å²) in [6.45, 7) is 0. The quantitative estimate of drug-likeness (QED) is 0.826. The second kappa shape index (κ2) is 7.92. The van der Waals surface area contributed by atoms with Gasteiger partial charge in [0.15, 0.2) is 5.92 Å². The number of amides is 1. The van der Waals surface area contributed by atoms with Crippen LogP contribution in [0.1, 0.15) is 0 Å². The van der Waals surface area contributed by atoms with Gasteiger partial charge in [0.05, 0.1) is 13.2 Å². The first-order chi connectivity index (χ1) is 11.1. The second-order valence-electron chi connectivity index (χ2n) is 4.64. The molecule has 0 aliphatic carbocycles. The SMILES string of the molecule is COc1ccc(NC(=O)C(C#N)C(=S)Nc2ccccc2)cc1. The number of anilines is 2. The molecule has 5 nitrogen and oxygen atoms in total. The molecule has 1 atom stereocenters. The molecule has 2 rings (SSSR count). The van der Waals surface area contributed by atoms with Gasteiger partial charge in [-0.3, -0.25) is 4.79 Å². The van der Waals surface area contributed by atoms with Crippen LogP contribution in [-0.2, 0) is 4.79 Å². The Labute approximate surface area is 139 Å². The molecule has 1 unspecified atom stereocenters. The summed E-state index contributed by atoms with van der Waals surface area (Å²) in [6, 6.07) is 17.9. The van der Waals surface area contributed by atoms with Gasteiger partial charge in [0.2, 0.25) is 5.91 Å². The van der Waals surface area contributed by atoms with Crippen LogP contribution < -0.4 is 15.4 Å². The van der Waals surface area contributed by atoms with Gasteiger partial charge in [-0.1, -0.05) is 30.4 Å². The summed E-state index contributed by atoms with van der Waals surface area (Å²) in [5.41, 5.74) is 1.30. The lowest BCUT2D eigenvalue weighted by molar-refractivity contribution is -0.116. The number of hydrogen-bond acceptors (Lipinski definition) is 4. The number of methoxy groups -OCH3 is 1. The van der Waals surface area contributed by atoms with Crippen molar-refractivity contribution in [3.05, 3.63) is 54.6 Å². The molecule has 23 heavy (non-hydrogen) atoms. The molecular weight excluding hydrogens is 310 g/mol. The molecule has 6 heteroatoms. The van der Waals surface area contributed by atoms with Gasteiger partial charge >= 0.3 is 0 Å². The van der Waals surface area contributed by atoms with Gasteiger partial charge in [0.1, 0.15) is 10.7 Å². The summed E-state index contributed by atoms with van der Waals surface area (Å²) in [6.07, 6.45) is 0. The fourth-order valence-electron chi connectivity index (χ4n) is 1.86. The monoisotopic (exact) mass is 325 g/mol. The fraction of sp³-hybridized carbons (Fsp3) is 0.118. The molecule has 0 radical (unpaired) electrons. The van der Waals surface area contributed by atoms with Crippen LogP contribution >= 0.6 is 12.2 Å². The maximum atomic E-state index is 12.2. The Morgan fingerprint density at radius 3 is 2.26 bits per heavy atom. The molecule has 0 aliphatic heterocycles. The Hall–Kier alpha value is -2.91. The minimum absolute atomic E-state index is 0.157. The normalized spacial score (nSPS) is 11.0. The van der Waals surface area contributed by atoms with Crippen LogP contribution in [0.3, 0.4) is 0 Å². The highest BCUT2D eigenvalue weighted by molar-refractivity contribution is 7.80. The van der Waals surface area contributed by atoms with Gasteiger partial charge in [0.25, 0.3) is 0 Å². The van der Waals surface area contributed by atoms with Crippen LogP contribution in [-0.4, -0.2) is 18.0 Å². The number of thiocarbonyl (C=S) groups is 1. The van der Waals surface area contributed by atoms with Crippen LogP contribution in [0.15, 0.2) is 54.6 Å². The van der Waals surface area contributed by atoms with Crippen LogP contribution in [0.4, 0.5) is 11.4 Å². The Balaban J connectivity index is 2.03. The topological polar surface area (TPSA) is 74.1 Å². The summed E-state index contributed by atoms with van der Waals surface area (Å²) in [5.74, 6) is -0.875. The molecule has 0 aliphatic rings. The predicted octanol–water partition coefficient (Wildman–Crippen LogP) is 3.21. The summed E-state index contributed by atoms with van der Waals surface area (Å²) >= 11 is 5.17. The summed E-state index contributed by atoms with van der Waals surface area (Å²) in [5, 5.41) is 14.8. The van der Waals surface area contributed by atoms with E-state index in [1.807, 2.05) is 36.4 Å². The zero-order valence-corrected chi connectivity index (χ0v) is 13.3. The smallest absolute Gasteiger partial charge is 0.248 e. The lowest BCUT2D eigenvalue weighted by Gasteiger charge is -2.13. The third kappa shape index (κ3) is 4.53. The number of carbonyl (C=O) groups excluding carboxylic acids is 1. The van der Waals surface area contributed by atoms with Crippen molar-refractivity contribution in [3.8, 4) is 11.8 Å². The van der Waals surface area contributed by atoms with Gasteiger partial charge in [-0.25, -0.2) is 0 Å². The van der Waals surface area contributed by atoms with E-state index >= 15 is 0 Å². The number of carbonyl (C=O) groups is 1. The molecule has 2 aromatic carbocycles. The highest BCUT2D eigenvalue weighted by Crippen LogP contribution is 2.16. The van der Waals surface area contributed by atoms with Crippen molar-refractivity contribution in [2.75, 3.05) is 17.7 Å². The van der Waals surface area contributed by atoms with Crippen LogP contribution in [0.25, 0.3) is 0 Å². The van der Waals surface area contributed by atoms with E-state index in [1.54, 1.807) is 31.4 Å². The zero-order chi connectivity index (χ0) is 16.7.